The Hall–Kier alpha value is -4.13. The number of oxazole rings is 1. The summed E-state index contributed by atoms with van der Waals surface area (Å²) in [5.74, 6) is 1.31. The van der Waals surface area contributed by atoms with Gasteiger partial charge in [-0.15, -0.1) is 0 Å². The fourth-order valence-electron chi connectivity index (χ4n) is 4.79. The molecule has 4 heterocycles. The lowest BCUT2D eigenvalue weighted by Crippen LogP contribution is -2.39. The smallest absolute Gasteiger partial charge is 0.257 e. The summed E-state index contributed by atoms with van der Waals surface area (Å²) >= 11 is 0. The van der Waals surface area contributed by atoms with Gasteiger partial charge < -0.3 is 18.5 Å². The number of ether oxygens (including phenoxy) is 1. The number of imidazole rings is 1. The second-order valence-corrected chi connectivity index (χ2v) is 9.05. The zero-order chi connectivity index (χ0) is 23.8. The van der Waals surface area contributed by atoms with E-state index in [0.717, 1.165) is 40.8 Å². The van der Waals surface area contributed by atoms with E-state index in [4.69, 9.17) is 9.15 Å². The number of fused-ring (bicyclic) bond motifs is 2. The van der Waals surface area contributed by atoms with Gasteiger partial charge in [0.05, 0.1) is 17.2 Å². The van der Waals surface area contributed by atoms with Gasteiger partial charge in [-0.1, -0.05) is 30.3 Å². The molecule has 7 heteroatoms. The van der Waals surface area contributed by atoms with E-state index in [1.165, 1.54) is 0 Å². The van der Waals surface area contributed by atoms with Crippen molar-refractivity contribution < 1.29 is 13.9 Å². The molecule has 0 radical (unpaired) electrons. The topological polar surface area (TPSA) is 72.9 Å². The molecule has 6 rings (SSSR count). The van der Waals surface area contributed by atoms with Crippen LogP contribution in [0.5, 0.6) is 5.75 Å². The molecule has 176 valence electrons. The summed E-state index contributed by atoms with van der Waals surface area (Å²) in [6.45, 7) is 3.60. The average Bonchev–Trinajstić information content (AvgIpc) is 3.52. The van der Waals surface area contributed by atoms with Crippen molar-refractivity contribution in [3.05, 3.63) is 95.8 Å². The van der Waals surface area contributed by atoms with Crippen molar-refractivity contribution in [2.45, 2.75) is 32.3 Å². The summed E-state index contributed by atoms with van der Waals surface area (Å²) in [4.78, 5) is 24.8. The van der Waals surface area contributed by atoms with Gasteiger partial charge in [0.1, 0.15) is 23.5 Å². The van der Waals surface area contributed by atoms with Crippen molar-refractivity contribution in [1.82, 2.24) is 19.3 Å². The summed E-state index contributed by atoms with van der Waals surface area (Å²) in [5.41, 5.74) is 5.03. The minimum Gasteiger partial charge on any atom is -0.486 e. The number of likely N-dealkylation sites (tertiary alicyclic amines) is 1. The second kappa shape index (κ2) is 8.91. The van der Waals surface area contributed by atoms with Crippen LogP contribution in [0.1, 0.15) is 46.3 Å². The monoisotopic (exact) mass is 466 g/mol. The van der Waals surface area contributed by atoms with E-state index < -0.39 is 0 Å². The molecule has 1 fully saturated rings. The SMILES string of the molecule is Cc1cccn2cc(COc3ccccc3C(=O)N3CCCC(c4nc5ccccc5o4)C3)nc12. The molecule has 0 bridgehead atoms. The molecule has 5 aromatic rings. The van der Waals surface area contributed by atoms with Crippen LogP contribution in [0.2, 0.25) is 0 Å². The van der Waals surface area contributed by atoms with Crippen LogP contribution in [0.15, 0.2) is 77.5 Å². The van der Waals surface area contributed by atoms with Crippen LogP contribution in [0.3, 0.4) is 0 Å². The van der Waals surface area contributed by atoms with Gasteiger partial charge in [0, 0.05) is 25.5 Å². The molecule has 1 amide bonds. The van der Waals surface area contributed by atoms with E-state index in [9.17, 15) is 4.79 Å². The maximum absolute atomic E-state index is 13.5. The molecule has 1 unspecified atom stereocenters. The Labute approximate surface area is 203 Å². The molecule has 35 heavy (non-hydrogen) atoms. The van der Waals surface area contributed by atoms with Gasteiger partial charge in [-0.3, -0.25) is 4.79 Å². The van der Waals surface area contributed by atoms with Gasteiger partial charge in [-0.05, 0) is 55.7 Å². The number of pyridine rings is 1. The number of para-hydroxylation sites is 3. The van der Waals surface area contributed by atoms with E-state index in [2.05, 4.69) is 9.97 Å². The Morgan fingerprint density at radius 3 is 2.83 bits per heavy atom. The van der Waals surface area contributed by atoms with Gasteiger partial charge in [-0.2, -0.15) is 0 Å². The molecular weight excluding hydrogens is 440 g/mol. The van der Waals surface area contributed by atoms with Crippen LogP contribution >= 0.6 is 0 Å². The number of amides is 1. The normalized spacial score (nSPS) is 16.1. The summed E-state index contributed by atoms with van der Waals surface area (Å²) in [6.07, 6.45) is 5.78. The van der Waals surface area contributed by atoms with Crippen LogP contribution in [0.25, 0.3) is 16.7 Å². The highest BCUT2D eigenvalue weighted by molar-refractivity contribution is 5.97. The van der Waals surface area contributed by atoms with E-state index in [0.29, 0.717) is 30.3 Å². The molecule has 7 nitrogen and oxygen atoms in total. The van der Waals surface area contributed by atoms with Crippen molar-refractivity contribution in [2.75, 3.05) is 13.1 Å². The number of aromatic nitrogens is 3. The third-order valence-corrected chi connectivity index (χ3v) is 6.59. The van der Waals surface area contributed by atoms with E-state index >= 15 is 0 Å². The average molecular weight is 467 g/mol. The Bertz CT molecular complexity index is 1490. The number of aryl methyl sites for hydroxylation is 1. The highest BCUT2D eigenvalue weighted by atomic mass is 16.5. The molecule has 0 N–H and O–H groups in total. The number of hydrogen-bond acceptors (Lipinski definition) is 5. The van der Waals surface area contributed by atoms with Crippen molar-refractivity contribution in [3.63, 3.8) is 0 Å². The zero-order valence-corrected chi connectivity index (χ0v) is 19.6. The van der Waals surface area contributed by atoms with Gasteiger partial charge in [0.25, 0.3) is 5.91 Å². The highest BCUT2D eigenvalue weighted by Crippen LogP contribution is 2.31. The molecule has 1 atom stereocenters. The summed E-state index contributed by atoms with van der Waals surface area (Å²) in [7, 11) is 0. The largest absolute Gasteiger partial charge is 0.486 e. The lowest BCUT2D eigenvalue weighted by atomic mass is 9.97. The van der Waals surface area contributed by atoms with Gasteiger partial charge in [-0.25, -0.2) is 9.97 Å². The minimum atomic E-state index is -0.0349. The number of piperidine rings is 1. The molecular formula is C28H26N4O3. The van der Waals surface area contributed by atoms with Crippen LogP contribution in [-0.2, 0) is 6.61 Å². The number of hydrogen-bond donors (Lipinski definition) is 0. The van der Waals surface area contributed by atoms with Crippen LogP contribution < -0.4 is 4.74 Å². The summed E-state index contributed by atoms with van der Waals surface area (Å²) < 4.78 is 14.1. The third-order valence-electron chi connectivity index (χ3n) is 6.59. The number of carbonyl (C=O) groups excluding carboxylic acids is 1. The Kier molecular flexibility index (Phi) is 5.45. The van der Waals surface area contributed by atoms with Gasteiger partial charge >= 0.3 is 0 Å². The summed E-state index contributed by atoms with van der Waals surface area (Å²) in [6, 6.07) is 19.2. The lowest BCUT2D eigenvalue weighted by molar-refractivity contribution is 0.0694. The van der Waals surface area contributed by atoms with Crippen molar-refractivity contribution >= 4 is 22.7 Å². The summed E-state index contributed by atoms with van der Waals surface area (Å²) in [5, 5.41) is 0. The number of benzene rings is 2. The molecule has 0 spiro atoms. The van der Waals surface area contributed by atoms with E-state index in [-0.39, 0.29) is 18.4 Å². The molecule has 2 aromatic carbocycles. The quantitative estimate of drug-likeness (QED) is 0.348. The predicted molar refractivity (Wildman–Crippen MR) is 133 cm³/mol. The van der Waals surface area contributed by atoms with Crippen LogP contribution in [0.4, 0.5) is 0 Å². The van der Waals surface area contributed by atoms with Crippen LogP contribution in [0, 0.1) is 6.92 Å². The van der Waals surface area contributed by atoms with Crippen molar-refractivity contribution in [3.8, 4) is 5.75 Å². The first-order valence-electron chi connectivity index (χ1n) is 12.0. The van der Waals surface area contributed by atoms with E-state index in [1.54, 1.807) is 0 Å². The maximum atomic E-state index is 13.5. The number of nitrogens with zero attached hydrogens (tertiary/aromatic N) is 4. The molecule has 3 aromatic heterocycles. The zero-order valence-electron chi connectivity index (χ0n) is 19.6. The fourth-order valence-corrected chi connectivity index (χ4v) is 4.79. The molecule has 0 saturated carbocycles. The van der Waals surface area contributed by atoms with Crippen molar-refractivity contribution in [2.24, 2.45) is 0 Å². The van der Waals surface area contributed by atoms with Gasteiger partial charge in [0.2, 0.25) is 0 Å². The van der Waals surface area contributed by atoms with Crippen molar-refractivity contribution in [1.29, 1.82) is 0 Å². The predicted octanol–water partition coefficient (Wildman–Crippen LogP) is 5.38. The maximum Gasteiger partial charge on any atom is 0.257 e. The highest BCUT2D eigenvalue weighted by Gasteiger charge is 2.29. The molecule has 0 aliphatic carbocycles. The molecule has 1 aliphatic rings. The molecule has 1 saturated heterocycles. The number of rotatable bonds is 5. The standard InChI is InChI=1S/C28H26N4O3/c1-19-8-6-14-31-17-21(29-26(19)31)18-34-24-12-4-2-10-22(24)28(33)32-15-7-9-20(16-32)27-30-23-11-3-5-13-25(23)35-27/h2-6,8,10-14,17,20H,7,9,15-16,18H2,1H3. The first kappa shape index (κ1) is 21.4. The first-order valence-corrected chi connectivity index (χ1v) is 12.0. The third kappa shape index (κ3) is 4.14. The Morgan fingerprint density at radius 1 is 1.09 bits per heavy atom. The van der Waals surface area contributed by atoms with Crippen LogP contribution in [-0.4, -0.2) is 38.3 Å². The second-order valence-electron chi connectivity index (χ2n) is 9.05. The van der Waals surface area contributed by atoms with Gasteiger partial charge in [0.15, 0.2) is 11.5 Å². The Balaban J connectivity index is 1.19. The van der Waals surface area contributed by atoms with E-state index in [1.807, 2.05) is 89.3 Å². The molecule has 1 aliphatic heterocycles. The lowest BCUT2D eigenvalue weighted by Gasteiger charge is -2.31. The minimum absolute atomic E-state index is 0.0349. The Morgan fingerprint density at radius 2 is 1.94 bits per heavy atom. The number of carbonyl (C=O) groups is 1. The fraction of sp³-hybridized carbons (Fsp3) is 0.250. The first-order chi connectivity index (χ1) is 17.2.